The summed E-state index contributed by atoms with van der Waals surface area (Å²) in [5.41, 5.74) is 10.7. The highest BCUT2D eigenvalue weighted by atomic mass is 16.3. The molecule has 0 spiro atoms. The van der Waals surface area contributed by atoms with Gasteiger partial charge in [0.2, 0.25) is 0 Å². The number of furan rings is 1. The Morgan fingerprint density at radius 3 is 1.78 bits per heavy atom. The molecule has 0 bridgehead atoms. The highest BCUT2D eigenvalue weighted by molar-refractivity contribution is 6.10. The normalized spacial score (nSPS) is 11.6. The highest BCUT2D eigenvalue weighted by Crippen LogP contribution is 2.41. The molecule has 0 radical (unpaired) electrons. The third-order valence-electron chi connectivity index (χ3n) is 9.84. The second-order valence-electron chi connectivity index (χ2n) is 12.9. The van der Waals surface area contributed by atoms with Gasteiger partial charge in [-0.2, -0.15) is 0 Å². The van der Waals surface area contributed by atoms with Crippen LogP contribution in [-0.4, -0.2) is 4.98 Å². The number of pyridine rings is 1. The summed E-state index contributed by atoms with van der Waals surface area (Å²) in [6.07, 6.45) is 1.84. The summed E-state index contributed by atoms with van der Waals surface area (Å²) in [7, 11) is 0. The standard InChI is InChI=1S/C47H30N2O/c1-2-7-31(8-3-1)33-16-19-40(20-17-33)49(42-22-23-43-44-30-45-39(11-6-24-48-45)28-46(44)50-47(43)29-42)41-21-18-37-26-36(14-15-38(37)27-41)35-13-12-32-9-4-5-10-34(32)25-35/h1-30H. The van der Waals surface area contributed by atoms with E-state index in [1.807, 2.05) is 12.3 Å². The van der Waals surface area contributed by atoms with Gasteiger partial charge in [0.25, 0.3) is 0 Å². The van der Waals surface area contributed by atoms with Crippen molar-refractivity contribution in [1.82, 2.24) is 4.98 Å². The van der Waals surface area contributed by atoms with Gasteiger partial charge < -0.3 is 9.32 Å². The second kappa shape index (κ2) is 11.5. The largest absolute Gasteiger partial charge is 0.456 e. The Balaban J connectivity index is 1.09. The average Bonchev–Trinajstić information content (AvgIpc) is 3.53. The molecule has 0 amide bonds. The molecule has 0 aliphatic carbocycles. The van der Waals surface area contributed by atoms with Crippen LogP contribution in [0.1, 0.15) is 0 Å². The monoisotopic (exact) mass is 638 g/mol. The summed E-state index contributed by atoms with van der Waals surface area (Å²) in [6, 6.07) is 62.8. The quantitative estimate of drug-likeness (QED) is 0.188. The topological polar surface area (TPSA) is 29.3 Å². The van der Waals surface area contributed by atoms with Crippen molar-refractivity contribution in [1.29, 1.82) is 0 Å². The van der Waals surface area contributed by atoms with E-state index < -0.39 is 0 Å². The summed E-state index contributed by atoms with van der Waals surface area (Å²) in [6.45, 7) is 0. The zero-order valence-corrected chi connectivity index (χ0v) is 27.1. The van der Waals surface area contributed by atoms with Crippen LogP contribution in [0, 0.1) is 0 Å². The molecule has 0 atom stereocenters. The first-order valence-electron chi connectivity index (χ1n) is 16.9. The lowest BCUT2D eigenvalue weighted by molar-refractivity contribution is 0.669. The van der Waals surface area contributed by atoms with Gasteiger partial charge in [-0.15, -0.1) is 0 Å². The molecule has 0 aliphatic rings. The molecule has 2 heterocycles. The lowest BCUT2D eigenvalue weighted by Crippen LogP contribution is -2.09. The van der Waals surface area contributed by atoms with Crippen molar-refractivity contribution >= 4 is 71.4 Å². The van der Waals surface area contributed by atoms with Crippen molar-refractivity contribution in [3.63, 3.8) is 0 Å². The molecule has 0 saturated heterocycles. The van der Waals surface area contributed by atoms with E-state index in [4.69, 9.17) is 4.42 Å². The summed E-state index contributed by atoms with van der Waals surface area (Å²) < 4.78 is 6.50. The number of benzene rings is 8. The Morgan fingerprint density at radius 1 is 0.360 bits per heavy atom. The zero-order chi connectivity index (χ0) is 33.0. The fourth-order valence-corrected chi connectivity index (χ4v) is 7.27. The van der Waals surface area contributed by atoms with E-state index in [1.54, 1.807) is 0 Å². The highest BCUT2D eigenvalue weighted by Gasteiger charge is 2.17. The van der Waals surface area contributed by atoms with Crippen LogP contribution in [0.2, 0.25) is 0 Å². The minimum Gasteiger partial charge on any atom is -0.456 e. The van der Waals surface area contributed by atoms with E-state index in [0.29, 0.717) is 0 Å². The molecule has 2 aromatic heterocycles. The van der Waals surface area contributed by atoms with Gasteiger partial charge in [0.15, 0.2) is 0 Å². The Hall–Kier alpha value is -6.71. The van der Waals surface area contributed by atoms with E-state index in [-0.39, 0.29) is 0 Å². The summed E-state index contributed by atoms with van der Waals surface area (Å²) in [5, 5.41) is 8.11. The number of hydrogen-bond donors (Lipinski definition) is 0. The van der Waals surface area contributed by atoms with Crippen LogP contribution >= 0.6 is 0 Å². The predicted molar refractivity (Wildman–Crippen MR) is 210 cm³/mol. The van der Waals surface area contributed by atoms with Gasteiger partial charge in [-0.1, -0.05) is 103 Å². The predicted octanol–water partition coefficient (Wildman–Crippen LogP) is 13.2. The van der Waals surface area contributed by atoms with Crippen LogP contribution < -0.4 is 4.90 Å². The first kappa shape index (κ1) is 28.3. The first-order valence-corrected chi connectivity index (χ1v) is 16.9. The molecule has 3 nitrogen and oxygen atoms in total. The Morgan fingerprint density at radius 2 is 0.940 bits per heavy atom. The number of aromatic nitrogens is 1. The van der Waals surface area contributed by atoms with Gasteiger partial charge in [0.1, 0.15) is 11.2 Å². The molecule has 50 heavy (non-hydrogen) atoms. The Kier molecular flexibility index (Phi) is 6.49. The van der Waals surface area contributed by atoms with Crippen molar-refractivity contribution in [3.8, 4) is 22.3 Å². The van der Waals surface area contributed by atoms with E-state index >= 15 is 0 Å². The third-order valence-corrected chi connectivity index (χ3v) is 9.84. The Labute approximate surface area is 289 Å². The van der Waals surface area contributed by atoms with Crippen molar-refractivity contribution in [2.24, 2.45) is 0 Å². The average molecular weight is 639 g/mol. The van der Waals surface area contributed by atoms with Crippen molar-refractivity contribution in [2.45, 2.75) is 0 Å². The molecule has 3 heteroatoms. The fraction of sp³-hybridized carbons (Fsp3) is 0. The minimum atomic E-state index is 0.847. The van der Waals surface area contributed by atoms with Crippen LogP contribution in [0.5, 0.6) is 0 Å². The van der Waals surface area contributed by atoms with E-state index in [1.165, 1.54) is 43.8 Å². The molecule has 0 saturated carbocycles. The first-order chi connectivity index (χ1) is 24.7. The van der Waals surface area contributed by atoms with Gasteiger partial charge in [0, 0.05) is 45.5 Å². The molecular formula is C47H30N2O. The lowest BCUT2D eigenvalue weighted by atomic mass is 9.98. The van der Waals surface area contributed by atoms with Crippen molar-refractivity contribution in [3.05, 3.63) is 182 Å². The zero-order valence-electron chi connectivity index (χ0n) is 27.1. The van der Waals surface area contributed by atoms with Gasteiger partial charge in [-0.05, 0) is 111 Å². The van der Waals surface area contributed by atoms with Crippen LogP contribution in [0.25, 0.3) is 76.6 Å². The second-order valence-corrected chi connectivity index (χ2v) is 12.9. The van der Waals surface area contributed by atoms with Crippen LogP contribution in [0.15, 0.2) is 187 Å². The number of hydrogen-bond acceptors (Lipinski definition) is 3. The third kappa shape index (κ3) is 4.87. The van der Waals surface area contributed by atoms with Gasteiger partial charge in [-0.25, -0.2) is 0 Å². The molecule has 10 rings (SSSR count). The molecule has 10 aromatic rings. The summed E-state index contributed by atoms with van der Waals surface area (Å²) >= 11 is 0. The minimum absolute atomic E-state index is 0.847. The van der Waals surface area contributed by atoms with Crippen LogP contribution in [-0.2, 0) is 0 Å². The van der Waals surface area contributed by atoms with E-state index in [2.05, 4.69) is 180 Å². The smallest absolute Gasteiger partial charge is 0.137 e. The number of fused-ring (bicyclic) bond motifs is 6. The van der Waals surface area contributed by atoms with Crippen molar-refractivity contribution < 1.29 is 4.42 Å². The maximum absolute atomic E-state index is 6.50. The SMILES string of the molecule is c1ccc(-c2ccc(N(c3ccc4cc(-c5ccc6ccccc6c5)ccc4c3)c3ccc4c(c3)oc3cc5cccnc5cc34)cc2)cc1. The fourth-order valence-electron chi connectivity index (χ4n) is 7.27. The Bertz CT molecular complexity index is 2870. The summed E-state index contributed by atoms with van der Waals surface area (Å²) in [5.74, 6) is 0. The number of nitrogens with zero attached hydrogens (tertiary/aromatic N) is 2. The van der Waals surface area contributed by atoms with Gasteiger partial charge in [0.05, 0.1) is 5.52 Å². The van der Waals surface area contributed by atoms with E-state index in [9.17, 15) is 0 Å². The molecule has 0 N–H and O–H groups in total. The maximum Gasteiger partial charge on any atom is 0.137 e. The lowest BCUT2D eigenvalue weighted by Gasteiger charge is -2.26. The number of anilines is 3. The number of rotatable bonds is 5. The van der Waals surface area contributed by atoms with Gasteiger partial charge in [-0.3, -0.25) is 4.98 Å². The maximum atomic E-state index is 6.50. The van der Waals surface area contributed by atoms with Gasteiger partial charge >= 0.3 is 0 Å². The molecule has 8 aromatic carbocycles. The van der Waals surface area contributed by atoms with Crippen LogP contribution in [0.3, 0.4) is 0 Å². The molecule has 0 fully saturated rings. The van der Waals surface area contributed by atoms with Crippen molar-refractivity contribution in [2.75, 3.05) is 4.90 Å². The van der Waals surface area contributed by atoms with E-state index in [0.717, 1.165) is 49.9 Å². The van der Waals surface area contributed by atoms with Crippen LogP contribution in [0.4, 0.5) is 17.1 Å². The molecule has 0 aliphatic heterocycles. The molecule has 0 unspecified atom stereocenters. The summed E-state index contributed by atoms with van der Waals surface area (Å²) in [4.78, 5) is 6.90. The molecular weight excluding hydrogens is 609 g/mol. The molecule has 234 valence electrons.